The van der Waals surface area contributed by atoms with Crippen molar-refractivity contribution in [1.82, 2.24) is 4.90 Å². The van der Waals surface area contributed by atoms with E-state index in [2.05, 4.69) is 11.9 Å². The molecule has 0 N–H and O–H groups in total. The number of carbonyl (C=O) groups excluding carboxylic acids is 1. The molecule has 0 radical (unpaired) electrons. The first-order valence-electron chi connectivity index (χ1n) is 5.94. The number of hydrogen-bond donors (Lipinski definition) is 0. The molecular formula is C14H21NO. The predicted molar refractivity (Wildman–Crippen MR) is 67.8 cm³/mol. The van der Waals surface area contributed by atoms with Crippen molar-refractivity contribution in [3.63, 3.8) is 0 Å². The number of nitrogens with zero attached hydrogens (tertiary/aromatic N) is 1. The van der Waals surface area contributed by atoms with Crippen molar-refractivity contribution >= 4 is 5.78 Å². The molecule has 1 aliphatic heterocycles. The second kappa shape index (κ2) is 7.18. The lowest BCUT2D eigenvalue weighted by molar-refractivity contribution is 0.101. The topological polar surface area (TPSA) is 20.3 Å². The van der Waals surface area contributed by atoms with Crippen LogP contribution in [0.3, 0.4) is 0 Å². The van der Waals surface area contributed by atoms with E-state index in [0.29, 0.717) is 0 Å². The maximum absolute atomic E-state index is 10.6. The number of rotatable bonds is 1. The van der Waals surface area contributed by atoms with Crippen molar-refractivity contribution in [3.05, 3.63) is 35.9 Å². The molecule has 0 aromatic heterocycles. The Kier molecular flexibility index (Phi) is 5.79. The number of Topliss-reactive ketones (excluding diaryl/α,β-unsaturated/α-hetero) is 1. The molecule has 2 heteroatoms. The average Bonchev–Trinajstić information content (AvgIpc) is 2.32. The van der Waals surface area contributed by atoms with Crippen molar-refractivity contribution in [3.8, 4) is 0 Å². The zero-order valence-corrected chi connectivity index (χ0v) is 10.3. The summed E-state index contributed by atoms with van der Waals surface area (Å²) in [5.74, 6) is 0.121. The van der Waals surface area contributed by atoms with Gasteiger partial charge in [-0.15, -0.1) is 0 Å². The zero-order chi connectivity index (χ0) is 11.8. The summed E-state index contributed by atoms with van der Waals surface area (Å²) < 4.78 is 0. The minimum Gasteiger partial charge on any atom is -0.306 e. The van der Waals surface area contributed by atoms with Crippen LogP contribution in [-0.4, -0.2) is 30.8 Å². The van der Waals surface area contributed by atoms with Crippen molar-refractivity contribution in [2.75, 3.05) is 20.1 Å². The van der Waals surface area contributed by atoms with E-state index in [9.17, 15) is 4.79 Å². The Morgan fingerprint density at radius 3 is 1.94 bits per heavy atom. The highest BCUT2D eigenvalue weighted by atomic mass is 16.1. The molecule has 0 spiro atoms. The second-order valence-corrected chi connectivity index (χ2v) is 4.29. The summed E-state index contributed by atoms with van der Waals surface area (Å²) >= 11 is 0. The molecule has 0 saturated carbocycles. The number of piperidine rings is 1. The third-order valence-electron chi connectivity index (χ3n) is 2.76. The molecule has 0 unspecified atom stereocenters. The van der Waals surface area contributed by atoms with E-state index in [1.807, 2.05) is 30.3 Å². The Morgan fingerprint density at radius 2 is 1.62 bits per heavy atom. The second-order valence-electron chi connectivity index (χ2n) is 4.29. The standard InChI is InChI=1S/C8H8O.C6H13N/c1-7(9)8-5-3-2-4-6-8;1-7-5-3-2-4-6-7/h2-6H,1H3;2-6H2,1H3. The zero-order valence-electron chi connectivity index (χ0n) is 10.3. The first-order chi connectivity index (χ1) is 7.70. The lowest BCUT2D eigenvalue weighted by Crippen LogP contribution is -2.24. The van der Waals surface area contributed by atoms with Crippen LogP contribution >= 0.6 is 0 Å². The molecule has 1 aromatic carbocycles. The van der Waals surface area contributed by atoms with Crippen LogP contribution in [0.5, 0.6) is 0 Å². The quantitative estimate of drug-likeness (QED) is 0.677. The molecule has 1 aliphatic rings. The number of hydrogen-bond acceptors (Lipinski definition) is 2. The van der Waals surface area contributed by atoms with Crippen LogP contribution in [-0.2, 0) is 0 Å². The van der Waals surface area contributed by atoms with Crippen molar-refractivity contribution in [2.24, 2.45) is 0 Å². The molecule has 2 rings (SSSR count). The van der Waals surface area contributed by atoms with Crippen molar-refractivity contribution in [2.45, 2.75) is 26.2 Å². The van der Waals surface area contributed by atoms with Gasteiger partial charge in [0.15, 0.2) is 5.78 Å². The fraction of sp³-hybridized carbons (Fsp3) is 0.500. The van der Waals surface area contributed by atoms with Crippen LogP contribution in [0, 0.1) is 0 Å². The SMILES string of the molecule is CC(=O)c1ccccc1.CN1CCCCC1. The summed E-state index contributed by atoms with van der Waals surface area (Å²) in [6, 6.07) is 9.23. The van der Waals surface area contributed by atoms with Gasteiger partial charge in [-0.25, -0.2) is 0 Å². The minimum atomic E-state index is 0.121. The molecule has 88 valence electrons. The van der Waals surface area contributed by atoms with Crippen LogP contribution in [0.15, 0.2) is 30.3 Å². The first kappa shape index (κ1) is 12.9. The van der Waals surface area contributed by atoms with Gasteiger partial charge in [-0.2, -0.15) is 0 Å². The van der Waals surface area contributed by atoms with E-state index in [1.165, 1.54) is 32.4 Å². The van der Waals surface area contributed by atoms with E-state index < -0.39 is 0 Å². The molecular weight excluding hydrogens is 198 g/mol. The Hall–Kier alpha value is -1.15. The molecule has 1 fully saturated rings. The molecule has 0 bridgehead atoms. The fourth-order valence-electron chi connectivity index (χ4n) is 1.72. The third kappa shape index (κ3) is 5.08. The average molecular weight is 219 g/mol. The van der Waals surface area contributed by atoms with Gasteiger partial charge in [-0.1, -0.05) is 36.8 Å². The maximum Gasteiger partial charge on any atom is 0.159 e. The maximum atomic E-state index is 10.6. The Morgan fingerprint density at radius 1 is 1.06 bits per heavy atom. The monoisotopic (exact) mass is 219 g/mol. The van der Waals surface area contributed by atoms with Crippen LogP contribution < -0.4 is 0 Å². The van der Waals surface area contributed by atoms with Crippen LogP contribution in [0.2, 0.25) is 0 Å². The molecule has 0 aliphatic carbocycles. The van der Waals surface area contributed by atoms with E-state index >= 15 is 0 Å². The van der Waals surface area contributed by atoms with Crippen molar-refractivity contribution in [1.29, 1.82) is 0 Å². The Bertz CT molecular complexity index is 302. The lowest BCUT2D eigenvalue weighted by Gasteiger charge is -2.20. The van der Waals surface area contributed by atoms with E-state index in [1.54, 1.807) is 6.92 Å². The number of ketones is 1. The van der Waals surface area contributed by atoms with E-state index in [4.69, 9.17) is 0 Å². The summed E-state index contributed by atoms with van der Waals surface area (Å²) in [6.45, 7) is 4.20. The van der Waals surface area contributed by atoms with Gasteiger partial charge in [0.05, 0.1) is 0 Å². The fourth-order valence-corrected chi connectivity index (χ4v) is 1.72. The summed E-state index contributed by atoms with van der Waals surface area (Å²) in [5, 5.41) is 0. The van der Waals surface area contributed by atoms with Crippen LogP contribution in [0.25, 0.3) is 0 Å². The summed E-state index contributed by atoms with van der Waals surface area (Å²) in [7, 11) is 2.19. The van der Waals surface area contributed by atoms with Crippen LogP contribution in [0.4, 0.5) is 0 Å². The minimum absolute atomic E-state index is 0.121. The van der Waals surface area contributed by atoms with Gasteiger partial charge in [0.2, 0.25) is 0 Å². The molecule has 2 nitrogen and oxygen atoms in total. The normalized spacial score (nSPS) is 16.1. The first-order valence-corrected chi connectivity index (χ1v) is 5.94. The highest BCUT2D eigenvalue weighted by Crippen LogP contribution is 2.04. The van der Waals surface area contributed by atoms with Gasteiger partial charge in [0.25, 0.3) is 0 Å². The van der Waals surface area contributed by atoms with Gasteiger partial charge >= 0.3 is 0 Å². The van der Waals surface area contributed by atoms with Crippen LogP contribution in [0.1, 0.15) is 36.5 Å². The summed E-state index contributed by atoms with van der Waals surface area (Å²) in [6.07, 6.45) is 4.28. The van der Waals surface area contributed by atoms with E-state index in [-0.39, 0.29) is 5.78 Å². The van der Waals surface area contributed by atoms with Gasteiger partial charge in [-0.05, 0) is 39.9 Å². The summed E-state index contributed by atoms with van der Waals surface area (Å²) in [5.41, 5.74) is 0.775. The Labute approximate surface area is 98.3 Å². The van der Waals surface area contributed by atoms with E-state index in [0.717, 1.165) is 5.56 Å². The van der Waals surface area contributed by atoms with Gasteiger partial charge < -0.3 is 4.90 Å². The highest BCUT2D eigenvalue weighted by Gasteiger charge is 2.02. The third-order valence-corrected chi connectivity index (χ3v) is 2.76. The molecule has 1 heterocycles. The van der Waals surface area contributed by atoms with Gasteiger partial charge in [0, 0.05) is 5.56 Å². The molecule has 1 aromatic rings. The molecule has 0 amide bonds. The van der Waals surface area contributed by atoms with Crippen molar-refractivity contribution < 1.29 is 4.79 Å². The molecule has 0 atom stereocenters. The Balaban J connectivity index is 0.000000165. The van der Waals surface area contributed by atoms with Gasteiger partial charge in [-0.3, -0.25) is 4.79 Å². The highest BCUT2D eigenvalue weighted by molar-refractivity contribution is 5.93. The predicted octanol–water partition coefficient (Wildman–Crippen LogP) is 2.99. The molecule has 16 heavy (non-hydrogen) atoms. The molecule has 1 saturated heterocycles. The lowest BCUT2D eigenvalue weighted by atomic mass is 10.1. The van der Waals surface area contributed by atoms with Gasteiger partial charge in [0.1, 0.15) is 0 Å². The number of carbonyl (C=O) groups is 1. The summed E-state index contributed by atoms with van der Waals surface area (Å²) in [4.78, 5) is 13.0. The number of likely N-dealkylation sites (tertiary alicyclic amines) is 1. The smallest absolute Gasteiger partial charge is 0.159 e. The number of benzene rings is 1. The largest absolute Gasteiger partial charge is 0.306 e.